The summed E-state index contributed by atoms with van der Waals surface area (Å²) in [4.78, 5) is 0. The Labute approximate surface area is 189 Å². The second-order valence-electron chi connectivity index (χ2n) is 11.4. The Hall–Kier alpha value is -1.16. The van der Waals surface area contributed by atoms with Crippen molar-refractivity contribution < 1.29 is 15.3 Å². The molecule has 0 radical (unpaired) electrons. The number of rotatable bonds is 6. The molecular weight excluding hydrogens is 384 g/mol. The Morgan fingerprint density at radius 2 is 1.90 bits per heavy atom. The number of hydrogen-bond acceptors (Lipinski definition) is 3. The molecule has 0 aromatic heterocycles. The molecule has 3 aliphatic rings. The van der Waals surface area contributed by atoms with Crippen molar-refractivity contribution in [3.05, 3.63) is 47.6 Å². The van der Waals surface area contributed by atoms with Crippen LogP contribution in [-0.2, 0) is 0 Å². The van der Waals surface area contributed by atoms with Gasteiger partial charge >= 0.3 is 0 Å². The van der Waals surface area contributed by atoms with Crippen molar-refractivity contribution in [3.63, 3.8) is 0 Å². The first-order valence-electron chi connectivity index (χ1n) is 12.3. The van der Waals surface area contributed by atoms with Crippen LogP contribution in [0.15, 0.2) is 47.6 Å². The van der Waals surface area contributed by atoms with Crippen LogP contribution in [0.2, 0.25) is 0 Å². The molecule has 3 aliphatic carbocycles. The molecule has 174 valence electrons. The van der Waals surface area contributed by atoms with Crippen LogP contribution in [0.25, 0.3) is 0 Å². The van der Waals surface area contributed by atoms with Gasteiger partial charge in [-0.3, -0.25) is 0 Å². The third kappa shape index (κ3) is 5.26. The molecule has 0 amide bonds. The molecule has 0 aromatic rings. The van der Waals surface area contributed by atoms with Crippen LogP contribution in [0.4, 0.5) is 0 Å². The van der Waals surface area contributed by atoms with E-state index in [0.717, 1.165) is 30.8 Å². The van der Waals surface area contributed by atoms with Crippen LogP contribution in [0.5, 0.6) is 0 Å². The minimum Gasteiger partial charge on any atom is -0.390 e. The third-order valence-corrected chi connectivity index (χ3v) is 8.61. The summed E-state index contributed by atoms with van der Waals surface area (Å²) in [6.45, 7) is 16.6. The molecule has 31 heavy (non-hydrogen) atoms. The van der Waals surface area contributed by atoms with Crippen LogP contribution < -0.4 is 0 Å². The van der Waals surface area contributed by atoms with Gasteiger partial charge in [0.2, 0.25) is 0 Å². The Kier molecular flexibility index (Phi) is 7.40. The van der Waals surface area contributed by atoms with Gasteiger partial charge in [-0.1, -0.05) is 57.6 Å². The molecule has 3 N–H and O–H groups in total. The Bertz CT molecular complexity index is 753. The Morgan fingerprint density at radius 3 is 2.58 bits per heavy atom. The Morgan fingerprint density at radius 1 is 1.19 bits per heavy atom. The molecule has 0 spiro atoms. The summed E-state index contributed by atoms with van der Waals surface area (Å²) in [5.41, 5.74) is 3.41. The zero-order chi connectivity index (χ0) is 23.0. The van der Waals surface area contributed by atoms with Crippen molar-refractivity contribution in [1.82, 2.24) is 0 Å². The summed E-state index contributed by atoms with van der Waals surface area (Å²) in [6, 6.07) is 0. The number of aliphatic hydroxyl groups excluding tert-OH is 2. The molecule has 3 saturated carbocycles. The predicted molar refractivity (Wildman–Crippen MR) is 129 cm³/mol. The highest BCUT2D eigenvalue weighted by atomic mass is 16.3. The fourth-order valence-corrected chi connectivity index (χ4v) is 6.71. The SMILES string of the molecule is C=C1/C(=C\C=C2/CCC[C@@]3(C)C2CCC3[C@@H](C)CCCC(C)(C)O)C[C@@H](O)C(=C)[C@@H]1O. The maximum absolute atomic E-state index is 10.3. The number of aliphatic hydroxyl groups is 3. The fourth-order valence-electron chi connectivity index (χ4n) is 6.71. The second kappa shape index (κ2) is 9.37. The fraction of sp³-hybridized carbons (Fsp3) is 0.714. The van der Waals surface area contributed by atoms with E-state index >= 15 is 0 Å². The van der Waals surface area contributed by atoms with Crippen molar-refractivity contribution in [2.45, 2.75) is 103 Å². The third-order valence-electron chi connectivity index (χ3n) is 8.61. The number of fused-ring (bicyclic) bond motifs is 1. The molecule has 0 bridgehead atoms. The van der Waals surface area contributed by atoms with E-state index in [4.69, 9.17) is 0 Å². The van der Waals surface area contributed by atoms with Gasteiger partial charge in [-0.05, 0) is 92.3 Å². The zero-order valence-electron chi connectivity index (χ0n) is 20.2. The first-order chi connectivity index (χ1) is 14.4. The zero-order valence-corrected chi connectivity index (χ0v) is 20.2. The summed E-state index contributed by atoms with van der Waals surface area (Å²) >= 11 is 0. The summed E-state index contributed by atoms with van der Waals surface area (Å²) in [7, 11) is 0. The van der Waals surface area contributed by atoms with E-state index in [0.29, 0.717) is 34.8 Å². The number of hydrogen-bond donors (Lipinski definition) is 3. The molecule has 2 unspecified atom stereocenters. The smallest absolute Gasteiger partial charge is 0.102 e. The molecule has 0 aliphatic heterocycles. The number of allylic oxidation sites excluding steroid dienone is 3. The molecule has 6 atom stereocenters. The van der Waals surface area contributed by atoms with Crippen LogP contribution in [0, 0.1) is 23.2 Å². The van der Waals surface area contributed by atoms with E-state index in [-0.39, 0.29) is 0 Å². The van der Waals surface area contributed by atoms with Crippen molar-refractivity contribution in [2.75, 3.05) is 0 Å². The lowest BCUT2D eigenvalue weighted by molar-refractivity contribution is 0.0596. The first-order valence-corrected chi connectivity index (χ1v) is 12.3. The highest BCUT2D eigenvalue weighted by molar-refractivity contribution is 5.45. The average molecular weight is 429 g/mol. The van der Waals surface area contributed by atoms with E-state index in [2.05, 4.69) is 39.2 Å². The highest BCUT2D eigenvalue weighted by Crippen LogP contribution is 2.60. The van der Waals surface area contributed by atoms with Crippen LogP contribution in [0.1, 0.15) is 85.5 Å². The van der Waals surface area contributed by atoms with Gasteiger partial charge in [0.1, 0.15) is 6.10 Å². The summed E-state index contributed by atoms with van der Waals surface area (Å²) in [6.07, 6.45) is 12.7. The lowest BCUT2D eigenvalue weighted by Gasteiger charge is -2.44. The molecule has 3 fully saturated rings. The molecule has 0 saturated heterocycles. The summed E-state index contributed by atoms with van der Waals surface area (Å²) in [5, 5.41) is 30.5. The molecular formula is C28H44O3. The van der Waals surface area contributed by atoms with Gasteiger partial charge in [-0.25, -0.2) is 0 Å². The van der Waals surface area contributed by atoms with Crippen LogP contribution in [0.3, 0.4) is 0 Å². The largest absolute Gasteiger partial charge is 0.390 e. The van der Waals surface area contributed by atoms with Crippen molar-refractivity contribution in [3.8, 4) is 0 Å². The monoisotopic (exact) mass is 428 g/mol. The first kappa shape index (κ1) is 24.5. The van der Waals surface area contributed by atoms with Gasteiger partial charge in [-0.15, -0.1) is 0 Å². The molecule has 0 aromatic carbocycles. The standard InChI is InChI=1S/C28H44O3/c1-18(9-7-15-27(4,5)31)23-13-14-24-21(10-8-16-28(23,24)6)11-12-22-17-25(29)20(3)26(30)19(22)2/h11-12,18,23-26,29-31H,2-3,7-10,13-17H2,1,4-6H3/b21-11+,22-12-/t18-,23?,24?,25+,26+,28+/m0/s1. The second-order valence-corrected chi connectivity index (χ2v) is 11.4. The van der Waals surface area contributed by atoms with Gasteiger partial charge in [0.05, 0.1) is 11.7 Å². The maximum Gasteiger partial charge on any atom is 0.102 e. The molecule has 3 heteroatoms. The van der Waals surface area contributed by atoms with E-state index in [9.17, 15) is 15.3 Å². The lowest BCUT2D eigenvalue weighted by Crippen LogP contribution is -2.36. The van der Waals surface area contributed by atoms with E-state index in [1.807, 2.05) is 13.8 Å². The average Bonchev–Trinajstić information content (AvgIpc) is 3.04. The van der Waals surface area contributed by atoms with Crippen LogP contribution in [-0.4, -0.2) is 33.1 Å². The predicted octanol–water partition coefficient (Wildman–Crippen LogP) is 5.87. The molecule has 3 nitrogen and oxygen atoms in total. The van der Waals surface area contributed by atoms with Gasteiger partial charge < -0.3 is 15.3 Å². The van der Waals surface area contributed by atoms with E-state index < -0.39 is 17.8 Å². The quantitative estimate of drug-likeness (QED) is 0.464. The minimum atomic E-state index is -0.842. The van der Waals surface area contributed by atoms with Crippen molar-refractivity contribution in [2.24, 2.45) is 23.2 Å². The Balaban J connectivity index is 1.72. The van der Waals surface area contributed by atoms with Gasteiger partial charge in [0.25, 0.3) is 0 Å². The van der Waals surface area contributed by atoms with E-state index in [1.165, 1.54) is 37.7 Å². The van der Waals surface area contributed by atoms with Crippen molar-refractivity contribution >= 4 is 0 Å². The highest BCUT2D eigenvalue weighted by Gasteiger charge is 2.50. The van der Waals surface area contributed by atoms with Gasteiger partial charge in [-0.2, -0.15) is 0 Å². The lowest BCUT2D eigenvalue weighted by atomic mass is 9.60. The molecule has 3 rings (SSSR count). The van der Waals surface area contributed by atoms with E-state index in [1.54, 1.807) is 0 Å². The van der Waals surface area contributed by atoms with Crippen molar-refractivity contribution in [1.29, 1.82) is 0 Å². The summed E-state index contributed by atoms with van der Waals surface area (Å²) in [5.74, 6) is 2.05. The topological polar surface area (TPSA) is 60.7 Å². The van der Waals surface area contributed by atoms with Gasteiger partial charge in [0.15, 0.2) is 0 Å². The van der Waals surface area contributed by atoms with Crippen LogP contribution >= 0.6 is 0 Å². The maximum atomic E-state index is 10.3. The normalized spacial score (nSPS) is 38.0. The summed E-state index contributed by atoms with van der Waals surface area (Å²) < 4.78 is 0. The minimum absolute atomic E-state index is 0.355. The van der Waals surface area contributed by atoms with Gasteiger partial charge in [0, 0.05) is 6.42 Å². The molecule has 0 heterocycles.